The van der Waals surface area contributed by atoms with Gasteiger partial charge in [-0.15, -0.1) is 0 Å². The van der Waals surface area contributed by atoms with Crippen molar-refractivity contribution in [3.63, 3.8) is 0 Å². The van der Waals surface area contributed by atoms with Crippen molar-refractivity contribution in [2.45, 2.75) is 32.9 Å². The summed E-state index contributed by atoms with van der Waals surface area (Å²) >= 11 is 0. The van der Waals surface area contributed by atoms with E-state index >= 15 is 0 Å². The zero-order valence-electron chi connectivity index (χ0n) is 16.3. The van der Waals surface area contributed by atoms with Crippen LogP contribution in [0.5, 0.6) is 0 Å². The number of benzene rings is 1. The fourth-order valence-electron chi connectivity index (χ4n) is 2.81. The number of alkyl halides is 3. The standard InChI is InChI=1S/C20H24F3N3O3/c1-3-26(4-2)16-10-9-14(20(21,22)23)13-15(16)25-18(27)8-5-11-24-19(28)17-7-6-12-29-17/h6-7,9-10,12-13H,3-5,8,11H2,1-2H3,(H,24,28)(H,25,27). The Morgan fingerprint density at radius 1 is 1.14 bits per heavy atom. The monoisotopic (exact) mass is 411 g/mol. The van der Waals surface area contributed by atoms with Gasteiger partial charge in [0.2, 0.25) is 5.91 Å². The van der Waals surface area contributed by atoms with Gasteiger partial charge in [-0.3, -0.25) is 9.59 Å². The second-order valence-electron chi connectivity index (χ2n) is 6.29. The fraction of sp³-hybridized carbons (Fsp3) is 0.400. The van der Waals surface area contributed by atoms with Crippen LogP contribution in [0.2, 0.25) is 0 Å². The molecule has 2 N–H and O–H groups in total. The molecule has 0 saturated carbocycles. The molecule has 1 heterocycles. The molecule has 0 fully saturated rings. The average Bonchev–Trinajstić information content (AvgIpc) is 3.21. The Kier molecular flexibility index (Phi) is 7.69. The Labute approximate surface area is 167 Å². The summed E-state index contributed by atoms with van der Waals surface area (Å²) in [5.41, 5.74) is -0.176. The molecule has 1 aromatic carbocycles. The molecule has 2 aromatic rings. The van der Waals surface area contributed by atoms with E-state index in [0.29, 0.717) is 25.2 Å². The number of anilines is 2. The highest BCUT2D eigenvalue weighted by Gasteiger charge is 2.31. The zero-order chi connectivity index (χ0) is 21.4. The summed E-state index contributed by atoms with van der Waals surface area (Å²) in [6, 6.07) is 6.43. The maximum absolute atomic E-state index is 13.1. The molecule has 29 heavy (non-hydrogen) atoms. The van der Waals surface area contributed by atoms with Crippen molar-refractivity contribution in [1.82, 2.24) is 5.32 Å². The molecule has 0 saturated heterocycles. The number of nitrogens with one attached hydrogen (secondary N) is 2. The largest absolute Gasteiger partial charge is 0.459 e. The van der Waals surface area contributed by atoms with Crippen molar-refractivity contribution in [3.05, 3.63) is 47.9 Å². The lowest BCUT2D eigenvalue weighted by molar-refractivity contribution is -0.137. The van der Waals surface area contributed by atoms with Gasteiger partial charge in [0.25, 0.3) is 5.91 Å². The first-order valence-electron chi connectivity index (χ1n) is 9.34. The van der Waals surface area contributed by atoms with E-state index in [0.717, 1.165) is 12.1 Å². The summed E-state index contributed by atoms with van der Waals surface area (Å²) < 4.78 is 44.2. The summed E-state index contributed by atoms with van der Waals surface area (Å²) in [6.45, 7) is 5.18. The Bertz CT molecular complexity index is 816. The smallest absolute Gasteiger partial charge is 0.416 e. The van der Waals surface area contributed by atoms with E-state index in [9.17, 15) is 22.8 Å². The van der Waals surface area contributed by atoms with Crippen molar-refractivity contribution < 1.29 is 27.2 Å². The van der Waals surface area contributed by atoms with Gasteiger partial charge in [-0.05, 0) is 50.6 Å². The summed E-state index contributed by atoms with van der Waals surface area (Å²) in [5.74, 6) is -0.649. The van der Waals surface area contributed by atoms with Crippen LogP contribution >= 0.6 is 0 Å². The van der Waals surface area contributed by atoms with E-state index in [1.807, 2.05) is 18.7 Å². The van der Waals surface area contributed by atoms with Crippen LogP contribution in [-0.2, 0) is 11.0 Å². The summed E-state index contributed by atoms with van der Waals surface area (Å²) in [4.78, 5) is 25.9. The molecule has 2 amide bonds. The van der Waals surface area contributed by atoms with Gasteiger partial charge in [0.1, 0.15) is 0 Å². The van der Waals surface area contributed by atoms with Crippen molar-refractivity contribution in [2.24, 2.45) is 0 Å². The number of furan rings is 1. The van der Waals surface area contributed by atoms with Crippen molar-refractivity contribution in [3.8, 4) is 0 Å². The maximum atomic E-state index is 13.1. The van der Waals surface area contributed by atoms with Gasteiger partial charge in [-0.25, -0.2) is 0 Å². The van der Waals surface area contributed by atoms with Gasteiger partial charge in [0.05, 0.1) is 23.2 Å². The number of rotatable bonds is 9. The number of amides is 2. The van der Waals surface area contributed by atoms with E-state index in [1.165, 1.54) is 18.4 Å². The third-order valence-electron chi connectivity index (χ3n) is 4.31. The molecule has 6 nitrogen and oxygen atoms in total. The molecular weight excluding hydrogens is 387 g/mol. The van der Waals surface area contributed by atoms with E-state index < -0.39 is 23.6 Å². The van der Waals surface area contributed by atoms with Gasteiger partial charge < -0.3 is 20.0 Å². The number of carbonyl (C=O) groups excluding carboxylic acids is 2. The molecule has 0 aliphatic rings. The highest BCUT2D eigenvalue weighted by atomic mass is 19.4. The normalized spacial score (nSPS) is 11.2. The van der Waals surface area contributed by atoms with Gasteiger partial charge in [0, 0.05) is 26.1 Å². The van der Waals surface area contributed by atoms with E-state index in [4.69, 9.17) is 4.42 Å². The second kappa shape index (κ2) is 9.99. The quantitative estimate of drug-likeness (QED) is 0.604. The van der Waals surface area contributed by atoms with Gasteiger partial charge in [0.15, 0.2) is 5.76 Å². The number of halogens is 3. The number of hydrogen-bond donors (Lipinski definition) is 2. The topological polar surface area (TPSA) is 74.6 Å². The second-order valence-corrected chi connectivity index (χ2v) is 6.29. The Balaban J connectivity index is 1.99. The Morgan fingerprint density at radius 3 is 2.45 bits per heavy atom. The summed E-state index contributed by atoms with van der Waals surface area (Å²) in [5, 5.41) is 5.19. The van der Waals surface area contributed by atoms with E-state index in [2.05, 4.69) is 10.6 Å². The Morgan fingerprint density at radius 2 is 1.86 bits per heavy atom. The van der Waals surface area contributed by atoms with Crippen molar-refractivity contribution >= 4 is 23.2 Å². The van der Waals surface area contributed by atoms with Crippen molar-refractivity contribution in [1.29, 1.82) is 0 Å². The molecule has 0 spiro atoms. The van der Waals surface area contributed by atoms with E-state index in [-0.39, 0.29) is 24.4 Å². The minimum atomic E-state index is -4.50. The summed E-state index contributed by atoms with van der Waals surface area (Å²) in [6.07, 6.45) is -2.74. The lowest BCUT2D eigenvalue weighted by atomic mass is 10.1. The lowest BCUT2D eigenvalue weighted by Crippen LogP contribution is -2.26. The average molecular weight is 411 g/mol. The molecule has 0 bridgehead atoms. The first-order valence-corrected chi connectivity index (χ1v) is 9.34. The molecular formula is C20H24F3N3O3. The maximum Gasteiger partial charge on any atom is 0.416 e. The lowest BCUT2D eigenvalue weighted by Gasteiger charge is -2.25. The van der Waals surface area contributed by atoms with Crippen LogP contribution in [0.25, 0.3) is 0 Å². The molecule has 2 rings (SSSR count). The van der Waals surface area contributed by atoms with Gasteiger partial charge in [-0.1, -0.05) is 0 Å². The van der Waals surface area contributed by atoms with E-state index in [1.54, 1.807) is 6.07 Å². The first-order chi connectivity index (χ1) is 13.8. The fourth-order valence-corrected chi connectivity index (χ4v) is 2.81. The Hall–Kier alpha value is -2.97. The number of hydrogen-bond acceptors (Lipinski definition) is 4. The highest BCUT2D eigenvalue weighted by molar-refractivity contribution is 5.95. The zero-order valence-corrected chi connectivity index (χ0v) is 16.3. The van der Waals surface area contributed by atoms with Crippen LogP contribution in [-0.4, -0.2) is 31.4 Å². The van der Waals surface area contributed by atoms with Crippen LogP contribution in [0.3, 0.4) is 0 Å². The molecule has 0 radical (unpaired) electrons. The minimum Gasteiger partial charge on any atom is -0.459 e. The highest BCUT2D eigenvalue weighted by Crippen LogP contribution is 2.35. The van der Waals surface area contributed by atoms with Gasteiger partial charge in [-0.2, -0.15) is 13.2 Å². The summed E-state index contributed by atoms with van der Waals surface area (Å²) in [7, 11) is 0. The van der Waals surface area contributed by atoms with Crippen molar-refractivity contribution in [2.75, 3.05) is 29.9 Å². The third kappa shape index (κ3) is 6.27. The van der Waals surface area contributed by atoms with Crippen LogP contribution in [0.1, 0.15) is 42.8 Å². The predicted molar refractivity (Wildman–Crippen MR) is 104 cm³/mol. The first kappa shape index (κ1) is 22.3. The number of nitrogens with zero attached hydrogens (tertiary/aromatic N) is 1. The SMILES string of the molecule is CCN(CC)c1ccc(C(F)(F)F)cc1NC(=O)CCCNC(=O)c1ccco1. The predicted octanol–water partition coefficient (Wildman–Crippen LogP) is 4.29. The molecule has 0 aliphatic carbocycles. The molecule has 9 heteroatoms. The molecule has 1 aromatic heterocycles. The number of carbonyl (C=O) groups is 2. The van der Waals surface area contributed by atoms with Crippen LogP contribution < -0.4 is 15.5 Å². The minimum absolute atomic E-state index is 0.0480. The molecule has 0 aliphatic heterocycles. The van der Waals surface area contributed by atoms with Gasteiger partial charge >= 0.3 is 6.18 Å². The molecule has 0 atom stereocenters. The molecule has 158 valence electrons. The molecule has 0 unspecified atom stereocenters. The van der Waals surface area contributed by atoms with Crippen LogP contribution in [0.15, 0.2) is 41.0 Å². The van der Waals surface area contributed by atoms with Crippen LogP contribution in [0, 0.1) is 0 Å². The van der Waals surface area contributed by atoms with Crippen LogP contribution in [0.4, 0.5) is 24.5 Å². The third-order valence-corrected chi connectivity index (χ3v) is 4.31.